The molecule has 0 aromatic heterocycles. The van der Waals surface area contributed by atoms with Crippen LogP contribution in [-0.4, -0.2) is 51.1 Å². The van der Waals surface area contributed by atoms with E-state index in [1.807, 2.05) is 40.1 Å². The Hall–Kier alpha value is -0.570. The minimum atomic E-state index is 0.623. The van der Waals surface area contributed by atoms with Crippen molar-refractivity contribution in [3.8, 4) is 0 Å². The minimum absolute atomic E-state index is 0.623. The van der Waals surface area contributed by atoms with Crippen LogP contribution in [0.5, 0.6) is 0 Å². The summed E-state index contributed by atoms with van der Waals surface area (Å²) in [5.41, 5.74) is 0. The van der Waals surface area contributed by atoms with E-state index in [1.54, 1.807) is 6.34 Å². The van der Waals surface area contributed by atoms with Crippen molar-refractivity contribution in [2.45, 2.75) is 0 Å². The topological polar surface area (TPSA) is 15.6 Å². The van der Waals surface area contributed by atoms with E-state index < -0.39 is 0 Å². The van der Waals surface area contributed by atoms with E-state index in [1.165, 1.54) is 0 Å². The van der Waals surface area contributed by atoms with Crippen molar-refractivity contribution in [3.05, 3.63) is 0 Å². The Labute approximate surface area is 57.2 Å². The first-order chi connectivity index (χ1) is 3.92. The Bertz CT molecular complexity index is 99.4. The average Bonchev–Trinajstić information content (AvgIpc) is 1.59. The maximum atomic E-state index is 4.19. The maximum Gasteiger partial charge on any atom is 0.146 e. The van der Waals surface area contributed by atoms with Gasteiger partial charge in [-0.2, -0.15) is 0 Å². The molecule has 0 aliphatic carbocycles. The number of quaternary nitrogens is 1. The monoisotopic (exact) mass is 130 g/mol. The van der Waals surface area contributed by atoms with Crippen LogP contribution in [0.3, 0.4) is 0 Å². The van der Waals surface area contributed by atoms with Gasteiger partial charge in [0.05, 0.1) is 21.1 Å². The van der Waals surface area contributed by atoms with Crippen LogP contribution >= 0.6 is 0 Å². The van der Waals surface area contributed by atoms with Crippen LogP contribution in [0, 0.1) is 0 Å². The summed E-state index contributed by atoms with van der Waals surface area (Å²) >= 11 is 0. The molecule has 0 aromatic carbocycles. The molecule has 0 N–H and O–H groups in total. The second-order valence-corrected chi connectivity index (χ2v) is 3.14. The van der Waals surface area contributed by atoms with Gasteiger partial charge >= 0.3 is 0 Å². The standard InChI is InChI=1S/C6H16N3/c1-8(2)6-7-9(3,4)5/h6H,1-5H3/q+1. The van der Waals surface area contributed by atoms with E-state index >= 15 is 0 Å². The van der Waals surface area contributed by atoms with Gasteiger partial charge in [0.1, 0.15) is 6.34 Å². The third-order valence-corrected chi connectivity index (χ3v) is 0.629. The second-order valence-electron chi connectivity index (χ2n) is 3.14. The van der Waals surface area contributed by atoms with Gasteiger partial charge in [-0.3, -0.25) is 0 Å². The zero-order chi connectivity index (χ0) is 7.49. The largest absolute Gasteiger partial charge is 0.364 e. The molecule has 0 amide bonds. The molecule has 3 nitrogen and oxygen atoms in total. The Kier molecular flexibility index (Phi) is 2.65. The zero-order valence-electron chi connectivity index (χ0n) is 6.92. The van der Waals surface area contributed by atoms with Crippen LogP contribution in [0.15, 0.2) is 5.10 Å². The number of rotatable bonds is 2. The third kappa shape index (κ3) is 7.43. The van der Waals surface area contributed by atoms with Gasteiger partial charge in [-0.25, -0.2) is 4.59 Å². The van der Waals surface area contributed by atoms with E-state index in [4.69, 9.17) is 0 Å². The molecule has 0 saturated heterocycles. The molecule has 0 radical (unpaired) electrons. The summed E-state index contributed by atoms with van der Waals surface area (Å²) in [4.78, 5) is 1.92. The summed E-state index contributed by atoms with van der Waals surface area (Å²) in [5, 5.41) is 4.19. The number of hydrogen-bond donors (Lipinski definition) is 0. The highest BCUT2D eigenvalue weighted by molar-refractivity contribution is 5.52. The maximum absolute atomic E-state index is 4.19. The van der Waals surface area contributed by atoms with E-state index in [9.17, 15) is 0 Å². The molecule has 0 fully saturated rings. The molecule has 0 heterocycles. The van der Waals surface area contributed by atoms with Crippen LogP contribution in [0.25, 0.3) is 0 Å². The number of hydrogen-bond acceptors (Lipinski definition) is 1. The molecule has 54 valence electrons. The molecule has 0 spiro atoms. The van der Waals surface area contributed by atoms with Crippen molar-refractivity contribution >= 4 is 6.34 Å². The predicted molar refractivity (Wildman–Crippen MR) is 40.2 cm³/mol. The van der Waals surface area contributed by atoms with Gasteiger partial charge in [0.25, 0.3) is 0 Å². The first kappa shape index (κ1) is 8.43. The van der Waals surface area contributed by atoms with Crippen molar-refractivity contribution in [3.63, 3.8) is 0 Å². The van der Waals surface area contributed by atoms with Gasteiger partial charge in [0.2, 0.25) is 0 Å². The Morgan fingerprint density at radius 3 is 1.78 bits per heavy atom. The molecule has 0 atom stereocenters. The fraction of sp³-hybridized carbons (Fsp3) is 0.833. The molecule has 0 bridgehead atoms. The summed E-state index contributed by atoms with van der Waals surface area (Å²) in [6, 6.07) is 0. The molecule has 9 heavy (non-hydrogen) atoms. The van der Waals surface area contributed by atoms with E-state index in [0.717, 1.165) is 0 Å². The fourth-order valence-corrected chi connectivity index (χ4v) is 0.258. The Morgan fingerprint density at radius 1 is 1.22 bits per heavy atom. The average molecular weight is 130 g/mol. The first-order valence-corrected chi connectivity index (χ1v) is 2.95. The lowest BCUT2D eigenvalue weighted by molar-refractivity contribution is -0.876. The molecule has 0 aliphatic rings. The van der Waals surface area contributed by atoms with Crippen LogP contribution in [0.2, 0.25) is 0 Å². The highest BCUT2D eigenvalue weighted by Gasteiger charge is 2.00. The van der Waals surface area contributed by atoms with Gasteiger partial charge in [0.15, 0.2) is 0 Å². The molecule has 0 saturated carbocycles. The lowest BCUT2D eigenvalue weighted by Gasteiger charge is -2.15. The highest BCUT2D eigenvalue weighted by atomic mass is 15.6. The van der Waals surface area contributed by atoms with Gasteiger partial charge in [0, 0.05) is 14.1 Å². The quantitative estimate of drug-likeness (QED) is 0.226. The summed E-state index contributed by atoms with van der Waals surface area (Å²) < 4.78 is 0.623. The van der Waals surface area contributed by atoms with Crippen LogP contribution in [-0.2, 0) is 0 Å². The highest BCUT2D eigenvalue weighted by Crippen LogP contribution is 1.87. The Balaban J connectivity index is 3.71. The fourth-order valence-electron chi connectivity index (χ4n) is 0.258. The lowest BCUT2D eigenvalue weighted by atomic mass is 10.9. The molecule has 3 heteroatoms. The van der Waals surface area contributed by atoms with Crippen molar-refractivity contribution in [1.82, 2.24) is 4.90 Å². The molecule has 0 unspecified atom stereocenters. The van der Waals surface area contributed by atoms with E-state index in [0.29, 0.717) is 4.59 Å². The van der Waals surface area contributed by atoms with E-state index in [-0.39, 0.29) is 0 Å². The van der Waals surface area contributed by atoms with Gasteiger partial charge in [-0.15, -0.1) is 0 Å². The van der Waals surface area contributed by atoms with Crippen LogP contribution in [0.1, 0.15) is 0 Å². The summed E-state index contributed by atoms with van der Waals surface area (Å²) in [6.07, 6.45) is 1.81. The smallest absolute Gasteiger partial charge is 0.146 e. The normalized spacial score (nSPS) is 12.6. The van der Waals surface area contributed by atoms with Crippen molar-refractivity contribution in [2.24, 2.45) is 5.10 Å². The molecular weight excluding hydrogens is 114 g/mol. The first-order valence-electron chi connectivity index (χ1n) is 2.95. The predicted octanol–water partition coefficient (Wildman–Crippen LogP) is 0.197. The zero-order valence-corrected chi connectivity index (χ0v) is 6.92. The molecular formula is C6H16N3+. The van der Waals surface area contributed by atoms with Crippen molar-refractivity contribution in [2.75, 3.05) is 35.2 Å². The Morgan fingerprint density at radius 2 is 1.67 bits per heavy atom. The van der Waals surface area contributed by atoms with Gasteiger partial charge in [-0.05, 0) is 0 Å². The number of nitrogens with zero attached hydrogens (tertiary/aromatic N) is 3. The summed E-state index contributed by atoms with van der Waals surface area (Å²) in [7, 11) is 9.96. The minimum Gasteiger partial charge on any atom is -0.364 e. The lowest BCUT2D eigenvalue weighted by Crippen LogP contribution is -2.28. The summed E-state index contributed by atoms with van der Waals surface area (Å²) in [6.45, 7) is 0. The van der Waals surface area contributed by atoms with Gasteiger partial charge < -0.3 is 4.90 Å². The van der Waals surface area contributed by atoms with Crippen LogP contribution < -0.4 is 0 Å². The molecule has 0 aromatic rings. The third-order valence-electron chi connectivity index (χ3n) is 0.629. The van der Waals surface area contributed by atoms with E-state index in [2.05, 4.69) is 5.10 Å². The molecule has 0 aliphatic heterocycles. The molecule has 0 rings (SSSR count). The van der Waals surface area contributed by atoms with Crippen LogP contribution in [0.4, 0.5) is 0 Å². The van der Waals surface area contributed by atoms with Crippen molar-refractivity contribution in [1.29, 1.82) is 0 Å². The van der Waals surface area contributed by atoms with Crippen molar-refractivity contribution < 1.29 is 4.59 Å². The van der Waals surface area contributed by atoms with Gasteiger partial charge in [-0.1, -0.05) is 5.10 Å². The SMILES string of the molecule is CN(C)C=N[N+](C)(C)C. The summed E-state index contributed by atoms with van der Waals surface area (Å²) in [5.74, 6) is 0. The second kappa shape index (κ2) is 2.82.